The molecular weight excluding hydrogens is 278 g/mol. The topological polar surface area (TPSA) is 41.9 Å². The first-order chi connectivity index (χ1) is 9.30. The van der Waals surface area contributed by atoms with Crippen molar-refractivity contribution >= 4 is 11.6 Å². The smallest absolute Gasteiger partial charge is 0.162 e. The van der Waals surface area contributed by atoms with Crippen molar-refractivity contribution in [1.29, 1.82) is 0 Å². The maximum absolute atomic E-state index is 10.2. The van der Waals surface area contributed by atoms with Gasteiger partial charge in [0.1, 0.15) is 0 Å². The minimum atomic E-state index is -0.185. The quantitative estimate of drug-likeness (QED) is 0.931. The second kappa shape index (κ2) is 5.80. The van der Waals surface area contributed by atoms with Gasteiger partial charge in [0.05, 0.1) is 18.8 Å². The highest BCUT2D eigenvalue weighted by Crippen LogP contribution is 2.35. The molecule has 1 unspecified atom stereocenters. The molecule has 1 aliphatic heterocycles. The average molecular weight is 300 g/mol. The molecule has 0 radical (unpaired) electrons. The van der Waals surface area contributed by atoms with Crippen LogP contribution in [0, 0.1) is 0 Å². The summed E-state index contributed by atoms with van der Waals surface area (Å²) < 4.78 is 11.0. The van der Waals surface area contributed by atoms with E-state index in [9.17, 15) is 5.11 Å². The minimum Gasteiger partial charge on any atom is -0.504 e. The number of methoxy groups -OCH3 is 1. The van der Waals surface area contributed by atoms with E-state index in [1.807, 2.05) is 0 Å². The van der Waals surface area contributed by atoms with Crippen LogP contribution in [0.3, 0.4) is 0 Å². The number of aromatic hydroxyl groups is 1. The molecule has 1 fully saturated rings. The lowest BCUT2D eigenvalue weighted by Crippen LogP contribution is -2.51. The fourth-order valence-electron chi connectivity index (χ4n) is 2.85. The molecule has 112 valence electrons. The molecule has 0 spiro atoms. The number of rotatable bonds is 3. The van der Waals surface area contributed by atoms with Gasteiger partial charge in [-0.25, -0.2) is 0 Å². The number of hydrogen-bond acceptors (Lipinski definition) is 4. The van der Waals surface area contributed by atoms with Gasteiger partial charge < -0.3 is 14.6 Å². The zero-order valence-corrected chi connectivity index (χ0v) is 13.2. The second-order valence-electron chi connectivity index (χ2n) is 5.97. The Kier molecular flexibility index (Phi) is 4.47. The molecule has 1 heterocycles. The molecular formula is C15H22ClNO3. The Labute approximate surface area is 125 Å². The highest BCUT2D eigenvalue weighted by atomic mass is 35.5. The van der Waals surface area contributed by atoms with E-state index >= 15 is 0 Å². The Morgan fingerprint density at radius 3 is 2.80 bits per heavy atom. The van der Waals surface area contributed by atoms with Gasteiger partial charge in [-0.3, -0.25) is 4.90 Å². The first kappa shape index (κ1) is 15.4. The monoisotopic (exact) mass is 299 g/mol. The van der Waals surface area contributed by atoms with E-state index in [0.29, 0.717) is 17.3 Å². The summed E-state index contributed by atoms with van der Waals surface area (Å²) in [7, 11) is 1.52. The number of ether oxygens (including phenoxy) is 2. The van der Waals surface area contributed by atoms with Crippen molar-refractivity contribution < 1.29 is 14.6 Å². The minimum absolute atomic E-state index is 0.161. The SMILES string of the molecule is COc1cc(Cl)cc(CN2CC(C)OC(C)(C)C2)c1O. The van der Waals surface area contributed by atoms with Crippen LogP contribution in [0.2, 0.25) is 5.02 Å². The van der Waals surface area contributed by atoms with Gasteiger partial charge in [0, 0.05) is 36.3 Å². The van der Waals surface area contributed by atoms with Gasteiger partial charge in [0.25, 0.3) is 0 Å². The third-order valence-electron chi connectivity index (χ3n) is 3.37. The van der Waals surface area contributed by atoms with Gasteiger partial charge >= 0.3 is 0 Å². The van der Waals surface area contributed by atoms with Crippen LogP contribution in [0.1, 0.15) is 26.3 Å². The molecule has 1 N–H and O–H groups in total. The molecule has 1 aliphatic rings. The predicted octanol–water partition coefficient (Wildman–Crippen LogP) is 3.05. The second-order valence-corrected chi connectivity index (χ2v) is 6.41. The lowest BCUT2D eigenvalue weighted by atomic mass is 10.0. The zero-order chi connectivity index (χ0) is 14.9. The molecule has 1 saturated heterocycles. The molecule has 1 atom stereocenters. The molecule has 4 nitrogen and oxygen atoms in total. The van der Waals surface area contributed by atoms with E-state index in [-0.39, 0.29) is 17.5 Å². The van der Waals surface area contributed by atoms with Gasteiger partial charge in [-0.05, 0) is 26.8 Å². The van der Waals surface area contributed by atoms with Gasteiger partial charge in [-0.2, -0.15) is 0 Å². The van der Waals surface area contributed by atoms with Crippen LogP contribution in [0.15, 0.2) is 12.1 Å². The van der Waals surface area contributed by atoms with Gasteiger partial charge in [0.2, 0.25) is 0 Å². The van der Waals surface area contributed by atoms with E-state index in [2.05, 4.69) is 25.7 Å². The highest BCUT2D eigenvalue weighted by Gasteiger charge is 2.31. The molecule has 0 amide bonds. The van der Waals surface area contributed by atoms with Crippen LogP contribution in [-0.4, -0.2) is 41.9 Å². The number of nitrogens with zero attached hydrogens (tertiary/aromatic N) is 1. The molecule has 2 rings (SSSR count). The standard InChI is InChI=1S/C15H22ClNO3/c1-10-7-17(9-15(2,3)20-10)8-11-5-12(16)6-13(19-4)14(11)18/h5-6,10,18H,7-9H2,1-4H3. The fourth-order valence-corrected chi connectivity index (χ4v) is 3.08. The number of phenolic OH excluding ortho intramolecular Hbond substituents is 1. The van der Waals surface area contributed by atoms with Crippen molar-refractivity contribution in [1.82, 2.24) is 4.90 Å². The van der Waals surface area contributed by atoms with Crippen LogP contribution in [0.25, 0.3) is 0 Å². The fraction of sp³-hybridized carbons (Fsp3) is 0.600. The summed E-state index contributed by atoms with van der Waals surface area (Å²) in [6.45, 7) is 8.48. The van der Waals surface area contributed by atoms with E-state index in [1.165, 1.54) is 7.11 Å². The van der Waals surface area contributed by atoms with E-state index in [0.717, 1.165) is 18.7 Å². The summed E-state index contributed by atoms with van der Waals surface area (Å²) in [5, 5.41) is 10.8. The van der Waals surface area contributed by atoms with Crippen LogP contribution >= 0.6 is 11.6 Å². The van der Waals surface area contributed by atoms with Crippen molar-refractivity contribution in [3.8, 4) is 11.5 Å². The largest absolute Gasteiger partial charge is 0.504 e. The van der Waals surface area contributed by atoms with Gasteiger partial charge in [-0.15, -0.1) is 0 Å². The molecule has 0 saturated carbocycles. The Hall–Kier alpha value is -0.970. The van der Waals surface area contributed by atoms with E-state index in [1.54, 1.807) is 12.1 Å². The maximum Gasteiger partial charge on any atom is 0.162 e. The Morgan fingerprint density at radius 2 is 2.20 bits per heavy atom. The number of morpholine rings is 1. The molecule has 5 heteroatoms. The van der Waals surface area contributed by atoms with Crippen LogP contribution in [0.4, 0.5) is 0 Å². The zero-order valence-electron chi connectivity index (χ0n) is 12.4. The summed E-state index contributed by atoms with van der Waals surface area (Å²) in [4.78, 5) is 2.26. The third-order valence-corrected chi connectivity index (χ3v) is 3.59. The van der Waals surface area contributed by atoms with Crippen LogP contribution in [-0.2, 0) is 11.3 Å². The molecule has 20 heavy (non-hydrogen) atoms. The first-order valence-electron chi connectivity index (χ1n) is 6.76. The number of benzene rings is 1. The normalized spacial score (nSPS) is 22.8. The van der Waals surface area contributed by atoms with Crippen molar-refractivity contribution in [2.45, 2.75) is 39.0 Å². The summed E-state index contributed by atoms with van der Waals surface area (Å²) in [5.41, 5.74) is 0.593. The Balaban J connectivity index is 2.19. The molecule has 0 aliphatic carbocycles. The molecule has 1 aromatic rings. The van der Waals surface area contributed by atoms with Crippen molar-refractivity contribution in [2.24, 2.45) is 0 Å². The van der Waals surface area contributed by atoms with Crippen LogP contribution < -0.4 is 4.74 Å². The van der Waals surface area contributed by atoms with Crippen LogP contribution in [0.5, 0.6) is 11.5 Å². The summed E-state index contributed by atoms with van der Waals surface area (Å²) in [6.07, 6.45) is 0.168. The molecule has 1 aromatic carbocycles. The van der Waals surface area contributed by atoms with Crippen molar-refractivity contribution in [2.75, 3.05) is 20.2 Å². The van der Waals surface area contributed by atoms with Crippen molar-refractivity contribution in [3.63, 3.8) is 0 Å². The number of phenols is 1. The summed E-state index contributed by atoms with van der Waals surface area (Å²) in [6, 6.07) is 3.40. The number of hydrogen-bond donors (Lipinski definition) is 1. The van der Waals surface area contributed by atoms with Gasteiger partial charge in [-0.1, -0.05) is 11.6 Å². The molecule has 0 aromatic heterocycles. The third kappa shape index (κ3) is 3.57. The highest BCUT2D eigenvalue weighted by molar-refractivity contribution is 6.30. The Bertz CT molecular complexity index is 490. The first-order valence-corrected chi connectivity index (χ1v) is 7.14. The summed E-state index contributed by atoms with van der Waals surface area (Å²) in [5.74, 6) is 0.571. The van der Waals surface area contributed by atoms with E-state index in [4.69, 9.17) is 21.1 Å². The molecule has 0 bridgehead atoms. The Morgan fingerprint density at radius 1 is 1.50 bits per heavy atom. The lowest BCUT2D eigenvalue weighted by molar-refractivity contribution is -0.130. The van der Waals surface area contributed by atoms with E-state index < -0.39 is 0 Å². The van der Waals surface area contributed by atoms with Crippen molar-refractivity contribution in [3.05, 3.63) is 22.7 Å². The maximum atomic E-state index is 10.2. The number of halogens is 1. The lowest BCUT2D eigenvalue weighted by Gasteiger charge is -2.41. The average Bonchev–Trinajstić information content (AvgIpc) is 2.30. The predicted molar refractivity (Wildman–Crippen MR) is 79.6 cm³/mol. The van der Waals surface area contributed by atoms with Gasteiger partial charge in [0.15, 0.2) is 11.5 Å². The summed E-state index contributed by atoms with van der Waals surface area (Å²) >= 11 is 6.07.